The Balaban J connectivity index is 2.27. The van der Waals surface area contributed by atoms with Crippen molar-refractivity contribution in [3.63, 3.8) is 0 Å². The van der Waals surface area contributed by atoms with Gasteiger partial charge in [0.15, 0.2) is 0 Å². The zero-order valence-electron chi connectivity index (χ0n) is 11.4. The second-order valence-corrected chi connectivity index (χ2v) is 6.62. The largest absolute Gasteiger partial charge is 0.494 e. The third-order valence-electron chi connectivity index (χ3n) is 2.84. The highest BCUT2D eigenvalue weighted by Crippen LogP contribution is 2.27. The van der Waals surface area contributed by atoms with E-state index in [1.165, 1.54) is 0 Å². The maximum Gasteiger partial charge on any atom is 0.120 e. The van der Waals surface area contributed by atoms with E-state index in [-0.39, 0.29) is 5.75 Å². The van der Waals surface area contributed by atoms with Crippen molar-refractivity contribution in [2.45, 2.75) is 17.6 Å². The molecule has 0 aliphatic carbocycles. The fourth-order valence-electron chi connectivity index (χ4n) is 1.84. The van der Waals surface area contributed by atoms with Crippen molar-refractivity contribution in [3.8, 4) is 5.75 Å². The molecule has 1 atom stereocenters. The van der Waals surface area contributed by atoms with Gasteiger partial charge in [-0.05, 0) is 48.9 Å². The number of hydrogen-bond donors (Lipinski definition) is 1. The molecule has 0 amide bonds. The fraction of sp³-hybridized carbons (Fsp3) is 0.200. The lowest BCUT2D eigenvalue weighted by atomic mass is 10.2. The van der Waals surface area contributed by atoms with E-state index in [1.54, 1.807) is 36.4 Å². The van der Waals surface area contributed by atoms with Crippen molar-refractivity contribution >= 4 is 39.7 Å². The first-order valence-corrected chi connectivity index (χ1v) is 8.43. The number of halogens is 2. The molecule has 0 fully saturated rings. The minimum Gasteiger partial charge on any atom is -0.494 e. The summed E-state index contributed by atoms with van der Waals surface area (Å²) in [5.41, 5.74) is 7.09. The SMILES string of the molecule is CCOc1ccc(N)c(S(=O)Cc2cc(Cl)ccc2Cl)c1. The molecule has 0 bridgehead atoms. The van der Waals surface area contributed by atoms with Gasteiger partial charge in [-0.3, -0.25) is 4.21 Å². The molecule has 112 valence electrons. The highest BCUT2D eigenvalue weighted by molar-refractivity contribution is 7.84. The third-order valence-corrected chi connectivity index (χ3v) is 4.86. The summed E-state index contributed by atoms with van der Waals surface area (Å²) in [6.45, 7) is 2.43. The molecule has 0 aliphatic rings. The van der Waals surface area contributed by atoms with Crippen LogP contribution in [0.25, 0.3) is 0 Å². The third kappa shape index (κ3) is 4.13. The lowest BCUT2D eigenvalue weighted by molar-refractivity contribution is 0.339. The second kappa shape index (κ2) is 7.16. The standard InChI is InChI=1S/C15H15Cl2NO2S/c1-2-20-12-4-6-14(18)15(8-12)21(19)9-10-7-11(16)3-5-13(10)17/h3-8H,2,9,18H2,1H3. The summed E-state index contributed by atoms with van der Waals surface area (Å²) >= 11 is 12.0. The molecule has 3 nitrogen and oxygen atoms in total. The lowest BCUT2D eigenvalue weighted by Gasteiger charge is -2.10. The summed E-state index contributed by atoms with van der Waals surface area (Å²) in [5.74, 6) is 0.895. The Labute approximate surface area is 136 Å². The van der Waals surface area contributed by atoms with Crippen LogP contribution >= 0.6 is 23.2 Å². The van der Waals surface area contributed by atoms with Crippen LogP contribution in [0.4, 0.5) is 5.69 Å². The van der Waals surface area contributed by atoms with Crippen LogP contribution in [0.1, 0.15) is 12.5 Å². The lowest BCUT2D eigenvalue weighted by Crippen LogP contribution is -2.02. The summed E-state index contributed by atoms with van der Waals surface area (Å²) in [4.78, 5) is 0.539. The predicted octanol–water partition coefficient (Wildman–Crippen LogP) is 4.28. The Hall–Kier alpha value is -1.23. The van der Waals surface area contributed by atoms with Crippen LogP contribution in [0.15, 0.2) is 41.3 Å². The molecule has 2 aromatic carbocycles. The van der Waals surface area contributed by atoms with Gasteiger partial charge < -0.3 is 10.5 Å². The molecular formula is C15H15Cl2NO2S. The Kier molecular flexibility index (Phi) is 5.51. The molecule has 2 aromatic rings. The first kappa shape index (κ1) is 16.1. The predicted molar refractivity (Wildman–Crippen MR) is 88.6 cm³/mol. The van der Waals surface area contributed by atoms with E-state index in [0.29, 0.717) is 33.0 Å². The normalized spacial score (nSPS) is 12.1. The molecule has 21 heavy (non-hydrogen) atoms. The van der Waals surface area contributed by atoms with Gasteiger partial charge in [-0.25, -0.2) is 0 Å². The van der Waals surface area contributed by atoms with Gasteiger partial charge in [0.05, 0.1) is 28.1 Å². The topological polar surface area (TPSA) is 52.3 Å². The number of anilines is 1. The number of ether oxygens (including phenoxy) is 1. The molecule has 6 heteroatoms. The minimum absolute atomic E-state index is 0.249. The smallest absolute Gasteiger partial charge is 0.120 e. The molecule has 0 radical (unpaired) electrons. The van der Waals surface area contributed by atoms with E-state index in [4.69, 9.17) is 33.7 Å². The van der Waals surface area contributed by atoms with Crippen LogP contribution in [-0.4, -0.2) is 10.8 Å². The van der Waals surface area contributed by atoms with Crippen LogP contribution in [0.3, 0.4) is 0 Å². The number of nitrogen functional groups attached to an aromatic ring is 1. The van der Waals surface area contributed by atoms with Gasteiger partial charge in [-0.1, -0.05) is 23.2 Å². The Morgan fingerprint density at radius 1 is 1.19 bits per heavy atom. The number of nitrogens with two attached hydrogens (primary N) is 1. The molecular weight excluding hydrogens is 329 g/mol. The van der Waals surface area contributed by atoms with Gasteiger partial charge in [0.25, 0.3) is 0 Å². The van der Waals surface area contributed by atoms with Crippen LogP contribution in [0, 0.1) is 0 Å². The summed E-state index contributed by atoms with van der Waals surface area (Å²) in [6, 6.07) is 10.2. The van der Waals surface area contributed by atoms with E-state index in [1.807, 2.05) is 6.92 Å². The number of rotatable bonds is 5. The highest BCUT2D eigenvalue weighted by Gasteiger charge is 2.13. The van der Waals surface area contributed by atoms with Crippen molar-refractivity contribution in [1.82, 2.24) is 0 Å². The van der Waals surface area contributed by atoms with Gasteiger partial charge in [0, 0.05) is 15.7 Å². The molecule has 0 saturated carbocycles. The summed E-state index contributed by atoms with van der Waals surface area (Å²) in [5, 5.41) is 1.09. The maximum atomic E-state index is 12.5. The number of hydrogen-bond acceptors (Lipinski definition) is 3. The summed E-state index contributed by atoms with van der Waals surface area (Å²) in [7, 11) is -1.33. The Morgan fingerprint density at radius 2 is 1.95 bits per heavy atom. The van der Waals surface area contributed by atoms with Crippen LogP contribution < -0.4 is 10.5 Å². The van der Waals surface area contributed by atoms with E-state index in [9.17, 15) is 4.21 Å². The zero-order valence-corrected chi connectivity index (χ0v) is 13.8. The van der Waals surface area contributed by atoms with E-state index >= 15 is 0 Å². The van der Waals surface area contributed by atoms with Crippen molar-refractivity contribution in [3.05, 3.63) is 52.0 Å². The highest BCUT2D eigenvalue weighted by atomic mass is 35.5. The van der Waals surface area contributed by atoms with Gasteiger partial charge in [0.1, 0.15) is 5.75 Å². The molecule has 2 rings (SSSR count). The Bertz CT molecular complexity index is 677. The second-order valence-electron chi connectivity index (χ2n) is 4.36. The molecule has 0 heterocycles. The fourth-order valence-corrected chi connectivity index (χ4v) is 3.55. The van der Waals surface area contributed by atoms with Crippen molar-refractivity contribution in [1.29, 1.82) is 0 Å². The summed E-state index contributed by atoms with van der Waals surface area (Å²) < 4.78 is 17.9. The number of benzene rings is 2. The van der Waals surface area contributed by atoms with Crippen LogP contribution in [-0.2, 0) is 16.6 Å². The molecule has 0 aliphatic heterocycles. The van der Waals surface area contributed by atoms with E-state index in [0.717, 1.165) is 5.56 Å². The van der Waals surface area contributed by atoms with E-state index < -0.39 is 10.8 Å². The average molecular weight is 344 g/mol. The quantitative estimate of drug-likeness (QED) is 0.824. The maximum absolute atomic E-state index is 12.5. The minimum atomic E-state index is -1.33. The molecule has 0 spiro atoms. The van der Waals surface area contributed by atoms with Crippen LogP contribution in [0.5, 0.6) is 5.75 Å². The zero-order chi connectivity index (χ0) is 15.4. The monoisotopic (exact) mass is 343 g/mol. The first-order valence-electron chi connectivity index (χ1n) is 6.36. The van der Waals surface area contributed by atoms with Crippen LogP contribution in [0.2, 0.25) is 10.0 Å². The Morgan fingerprint density at radius 3 is 2.67 bits per heavy atom. The van der Waals surface area contributed by atoms with Gasteiger partial charge >= 0.3 is 0 Å². The van der Waals surface area contributed by atoms with Gasteiger partial charge in [-0.2, -0.15) is 0 Å². The molecule has 0 aromatic heterocycles. The first-order chi connectivity index (χ1) is 10.0. The summed E-state index contributed by atoms with van der Waals surface area (Å²) in [6.07, 6.45) is 0. The van der Waals surface area contributed by atoms with Gasteiger partial charge in [-0.15, -0.1) is 0 Å². The van der Waals surface area contributed by atoms with Crippen molar-refractivity contribution in [2.75, 3.05) is 12.3 Å². The average Bonchev–Trinajstić information content (AvgIpc) is 2.45. The van der Waals surface area contributed by atoms with Crippen molar-refractivity contribution < 1.29 is 8.95 Å². The molecule has 2 N–H and O–H groups in total. The molecule has 0 saturated heterocycles. The molecule has 1 unspecified atom stereocenters. The van der Waals surface area contributed by atoms with E-state index in [2.05, 4.69) is 0 Å². The van der Waals surface area contributed by atoms with Gasteiger partial charge in [0.2, 0.25) is 0 Å². The van der Waals surface area contributed by atoms with Crippen molar-refractivity contribution in [2.24, 2.45) is 0 Å².